The quantitative estimate of drug-likeness (QED) is 0.610. The van der Waals surface area contributed by atoms with Gasteiger partial charge in [-0.2, -0.15) is 5.26 Å². The summed E-state index contributed by atoms with van der Waals surface area (Å²) >= 11 is 0. The van der Waals surface area contributed by atoms with Crippen LogP contribution in [0.5, 0.6) is 0 Å². The van der Waals surface area contributed by atoms with Crippen LogP contribution in [0.1, 0.15) is 47.0 Å². The van der Waals surface area contributed by atoms with Crippen molar-refractivity contribution in [1.29, 1.82) is 5.26 Å². The summed E-state index contributed by atoms with van der Waals surface area (Å²) in [5.74, 6) is 0.696. The third-order valence-electron chi connectivity index (χ3n) is 2.32. The molecule has 0 aliphatic carbocycles. The Morgan fingerprint density at radius 1 is 1.36 bits per heavy atom. The monoisotopic (exact) mass is 153 g/mol. The zero-order chi connectivity index (χ0) is 8.91. The minimum atomic E-state index is 0.367. The fourth-order valence-electron chi connectivity index (χ4n) is 1.49. The van der Waals surface area contributed by atoms with Crippen LogP contribution in [-0.2, 0) is 0 Å². The van der Waals surface area contributed by atoms with E-state index >= 15 is 0 Å². The number of nitrogens with zero attached hydrogens (tertiary/aromatic N) is 1. The number of nitriles is 1. The molecule has 0 rings (SSSR count). The van der Waals surface area contributed by atoms with Gasteiger partial charge in [0.25, 0.3) is 0 Å². The highest BCUT2D eigenvalue weighted by Gasteiger charge is 2.21. The Labute approximate surface area is 70.4 Å². The first-order valence-corrected chi connectivity index (χ1v) is 4.39. The van der Waals surface area contributed by atoms with Crippen molar-refractivity contribution >= 4 is 0 Å². The van der Waals surface area contributed by atoms with E-state index in [0.717, 1.165) is 6.42 Å². The zero-order valence-electron chi connectivity index (χ0n) is 8.15. The molecule has 11 heavy (non-hydrogen) atoms. The van der Waals surface area contributed by atoms with Crippen molar-refractivity contribution in [2.45, 2.75) is 47.0 Å². The van der Waals surface area contributed by atoms with Crippen LogP contribution in [0, 0.1) is 22.7 Å². The van der Waals surface area contributed by atoms with Crippen LogP contribution in [0.4, 0.5) is 0 Å². The molecule has 0 aromatic rings. The van der Waals surface area contributed by atoms with Crippen LogP contribution in [0.15, 0.2) is 0 Å². The summed E-state index contributed by atoms with van der Waals surface area (Å²) in [6.07, 6.45) is 2.94. The molecule has 0 aromatic carbocycles. The summed E-state index contributed by atoms with van der Waals surface area (Å²) in [6, 6.07) is 2.20. The summed E-state index contributed by atoms with van der Waals surface area (Å²) in [5.41, 5.74) is 0.367. The predicted molar refractivity (Wildman–Crippen MR) is 48.1 cm³/mol. The molecule has 0 aliphatic rings. The van der Waals surface area contributed by atoms with Gasteiger partial charge in [0, 0.05) is 6.42 Å². The number of hydrogen-bond donors (Lipinski definition) is 0. The lowest BCUT2D eigenvalue weighted by atomic mass is 9.77. The maximum Gasteiger partial charge on any atom is 0.0621 e. The minimum Gasteiger partial charge on any atom is -0.198 e. The van der Waals surface area contributed by atoms with Crippen LogP contribution in [0.25, 0.3) is 0 Å². The van der Waals surface area contributed by atoms with Gasteiger partial charge in [-0.25, -0.2) is 0 Å². The first-order valence-electron chi connectivity index (χ1n) is 4.39. The molecular formula is C10H19N. The van der Waals surface area contributed by atoms with Crippen molar-refractivity contribution in [3.05, 3.63) is 0 Å². The third-order valence-corrected chi connectivity index (χ3v) is 2.32. The van der Waals surface area contributed by atoms with Gasteiger partial charge in [-0.3, -0.25) is 0 Å². The summed E-state index contributed by atoms with van der Waals surface area (Å²) < 4.78 is 0. The van der Waals surface area contributed by atoms with Gasteiger partial charge in [-0.15, -0.1) is 0 Å². The SMILES string of the molecule is CCC(CCC#N)C(C)(C)C. The molecule has 0 aromatic heterocycles. The average molecular weight is 153 g/mol. The Morgan fingerprint density at radius 3 is 2.18 bits per heavy atom. The summed E-state index contributed by atoms with van der Waals surface area (Å²) in [5, 5.41) is 8.43. The van der Waals surface area contributed by atoms with Crippen LogP contribution in [-0.4, -0.2) is 0 Å². The van der Waals surface area contributed by atoms with E-state index in [2.05, 4.69) is 33.8 Å². The Hall–Kier alpha value is -0.510. The second-order valence-electron chi connectivity index (χ2n) is 4.17. The predicted octanol–water partition coefficient (Wildman–Crippen LogP) is 3.36. The van der Waals surface area contributed by atoms with Gasteiger partial charge >= 0.3 is 0 Å². The number of hydrogen-bond acceptors (Lipinski definition) is 1. The van der Waals surface area contributed by atoms with Gasteiger partial charge in [0.1, 0.15) is 0 Å². The van der Waals surface area contributed by atoms with E-state index in [0.29, 0.717) is 17.8 Å². The Balaban J connectivity index is 3.88. The van der Waals surface area contributed by atoms with E-state index in [1.54, 1.807) is 0 Å². The lowest BCUT2D eigenvalue weighted by molar-refractivity contribution is 0.221. The maximum absolute atomic E-state index is 8.43. The van der Waals surface area contributed by atoms with Crippen LogP contribution >= 0.6 is 0 Å². The van der Waals surface area contributed by atoms with E-state index in [1.807, 2.05) is 0 Å². The highest BCUT2D eigenvalue weighted by Crippen LogP contribution is 2.31. The maximum atomic E-state index is 8.43. The molecule has 0 saturated heterocycles. The van der Waals surface area contributed by atoms with Crippen molar-refractivity contribution in [2.75, 3.05) is 0 Å². The molecule has 0 heterocycles. The molecule has 0 spiro atoms. The van der Waals surface area contributed by atoms with E-state index < -0.39 is 0 Å². The molecule has 1 nitrogen and oxygen atoms in total. The standard InChI is InChI=1S/C10H19N/c1-5-9(7-6-8-11)10(2,3)4/h9H,5-7H2,1-4H3. The molecule has 0 N–H and O–H groups in total. The molecule has 0 bridgehead atoms. The van der Waals surface area contributed by atoms with Gasteiger partial charge < -0.3 is 0 Å². The lowest BCUT2D eigenvalue weighted by Gasteiger charge is -2.29. The second kappa shape index (κ2) is 4.38. The van der Waals surface area contributed by atoms with E-state index in [9.17, 15) is 0 Å². The first kappa shape index (κ1) is 10.5. The van der Waals surface area contributed by atoms with Crippen LogP contribution < -0.4 is 0 Å². The van der Waals surface area contributed by atoms with E-state index in [1.165, 1.54) is 6.42 Å². The molecule has 1 unspecified atom stereocenters. The Morgan fingerprint density at radius 2 is 1.91 bits per heavy atom. The van der Waals surface area contributed by atoms with Crippen LogP contribution in [0.2, 0.25) is 0 Å². The molecule has 1 atom stereocenters. The second-order valence-corrected chi connectivity index (χ2v) is 4.17. The third kappa shape index (κ3) is 4.03. The van der Waals surface area contributed by atoms with Crippen LogP contribution in [0.3, 0.4) is 0 Å². The van der Waals surface area contributed by atoms with Crippen molar-refractivity contribution in [3.8, 4) is 6.07 Å². The largest absolute Gasteiger partial charge is 0.198 e. The van der Waals surface area contributed by atoms with E-state index in [-0.39, 0.29) is 0 Å². The number of rotatable bonds is 3. The summed E-state index contributed by atoms with van der Waals surface area (Å²) in [7, 11) is 0. The van der Waals surface area contributed by atoms with Crippen molar-refractivity contribution in [2.24, 2.45) is 11.3 Å². The highest BCUT2D eigenvalue weighted by atomic mass is 14.3. The Bertz CT molecular complexity index is 136. The molecule has 0 amide bonds. The first-order chi connectivity index (χ1) is 5.02. The van der Waals surface area contributed by atoms with Gasteiger partial charge in [0.15, 0.2) is 0 Å². The minimum absolute atomic E-state index is 0.367. The molecule has 0 radical (unpaired) electrons. The normalized spacial score (nSPS) is 14.1. The summed E-state index contributed by atoms with van der Waals surface area (Å²) in [4.78, 5) is 0. The van der Waals surface area contributed by atoms with Gasteiger partial charge in [0.2, 0.25) is 0 Å². The summed E-state index contributed by atoms with van der Waals surface area (Å²) in [6.45, 7) is 8.95. The topological polar surface area (TPSA) is 23.8 Å². The fraction of sp³-hybridized carbons (Fsp3) is 0.900. The molecule has 0 aliphatic heterocycles. The molecule has 0 saturated carbocycles. The smallest absolute Gasteiger partial charge is 0.0621 e. The fourth-order valence-corrected chi connectivity index (χ4v) is 1.49. The lowest BCUT2D eigenvalue weighted by Crippen LogP contribution is -2.19. The van der Waals surface area contributed by atoms with Crippen molar-refractivity contribution < 1.29 is 0 Å². The average Bonchev–Trinajstić information content (AvgIpc) is 1.87. The molecule has 1 heteroatoms. The van der Waals surface area contributed by atoms with Gasteiger partial charge in [-0.1, -0.05) is 34.1 Å². The molecule has 64 valence electrons. The van der Waals surface area contributed by atoms with E-state index in [4.69, 9.17) is 5.26 Å². The van der Waals surface area contributed by atoms with Gasteiger partial charge in [-0.05, 0) is 17.8 Å². The zero-order valence-corrected chi connectivity index (χ0v) is 8.15. The Kier molecular flexibility index (Phi) is 4.18. The van der Waals surface area contributed by atoms with Crippen molar-refractivity contribution in [1.82, 2.24) is 0 Å². The highest BCUT2D eigenvalue weighted by molar-refractivity contribution is 4.78. The molecule has 0 fully saturated rings. The van der Waals surface area contributed by atoms with Gasteiger partial charge in [0.05, 0.1) is 6.07 Å². The molecular weight excluding hydrogens is 134 g/mol. The van der Waals surface area contributed by atoms with Crippen molar-refractivity contribution in [3.63, 3.8) is 0 Å².